The number of hydrogen-bond donors (Lipinski definition) is 1. The molecule has 0 saturated carbocycles. The number of aryl methyl sites for hydroxylation is 2. The van der Waals surface area contributed by atoms with Crippen molar-refractivity contribution in [3.05, 3.63) is 57.9 Å². The standard InChI is InChI=1S/C18H18N2S/c1-12-6-4-11-16-17(12)19-18(21)20(16)15-10-5-8-13-7-2-3-9-14(13)15/h4-6,8,10-11H,2-3,7,9H2,1H3,(H,19,21). The maximum absolute atomic E-state index is 5.61. The van der Waals surface area contributed by atoms with Crippen molar-refractivity contribution in [1.29, 1.82) is 0 Å². The first-order valence-corrected chi connectivity index (χ1v) is 7.98. The monoisotopic (exact) mass is 294 g/mol. The molecule has 106 valence electrons. The zero-order valence-corrected chi connectivity index (χ0v) is 13.0. The molecule has 0 amide bonds. The van der Waals surface area contributed by atoms with Gasteiger partial charge < -0.3 is 4.98 Å². The van der Waals surface area contributed by atoms with Crippen LogP contribution in [0.25, 0.3) is 16.7 Å². The maximum Gasteiger partial charge on any atom is 0.182 e. The minimum Gasteiger partial charge on any atom is -0.330 e. The number of imidazole rings is 1. The molecule has 0 fully saturated rings. The summed E-state index contributed by atoms with van der Waals surface area (Å²) in [5, 5.41) is 0. The van der Waals surface area contributed by atoms with Gasteiger partial charge in [-0.25, -0.2) is 0 Å². The van der Waals surface area contributed by atoms with Gasteiger partial charge in [0.2, 0.25) is 0 Å². The number of H-pyrrole nitrogens is 1. The highest BCUT2D eigenvalue weighted by Crippen LogP contribution is 2.30. The summed E-state index contributed by atoms with van der Waals surface area (Å²) in [6.07, 6.45) is 4.93. The fourth-order valence-corrected chi connectivity index (χ4v) is 3.78. The Morgan fingerprint density at radius 2 is 1.86 bits per heavy atom. The molecule has 1 aromatic heterocycles. The molecule has 0 bridgehead atoms. The second-order valence-corrected chi connectivity index (χ2v) is 6.24. The van der Waals surface area contributed by atoms with Crippen LogP contribution in [0.3, 0.4) is 0 Å². The van der Waals surface area contributed by atoms with Crippen LogP contribution in [-0.4, -0.2) is 9.55 Å². The summed E-state index contributed by atoms with van der Waals surface area (Å²) in [7, 11) is 0. The van der Waals surface area contributed by atoms with Gasteiger partial charge in [0.1, 0.15) is 0 Å². The number of hydrogen-bond acceptors (Lipinski definition) is 1. The number of aromatic amines is 1. The minimum absolute atomic E-state index is 0.790. The molecule has 3 heteroatoms. The number of rotatable bonds is 1. The van der Waals surface area contributed by atoms with E-state index in [-0.39, 0.29) is 0 Å². The molecule has 1 aliphatic rings. The number of benzene rings is 2. The van der Waals surface area contributed by atoms with Gasteiger partial charge in [0.25, 0.3) is 0 Å². The normalized spacial score (nSPS) is 14.3. The highest BCUT2D eigenvalue weighted by molar-refractivity contribution is 7.71. The average molecular weight is 294 g/mol. The van der Waals surface area contributed by atoms with E-state index in [0.717, 1.165) is 16.7 Å². The Kier molecular flexibility index (Phi) is 2.96. The van der Waals surface area contributed by atoms with Crippen LogP contribution < -0.4 is 0 Å². The lowest BCUT2D eigenvalue weighted by atomic mass is 9.90. The van der Waals surface area contributed by atoms with Gasteiger partial charge in [-0.15, -0.1) is 0 Å². The van der Waals surface area contributed by atoms with E-state index in [0.29, 0.717) is 0 Å². The van der Waals surface area contributed by atoms with Gasteiger partial charge in [-0.05, 0) is 73.6 Å². The molecule has 2 nitrogen and oxygen atoms in total. The lowest BCUT2D eigenvalue weighted by molar-refractivity contribution is 0.681. The Morgan fingerprint density at radius 3 is 2.76 bits per heavy atom. The van der Waals surface area contributed by atoms with Crippen LogP contribution in [0.15, 0.2) is 36.4 Å². The fourth-order valence-electron chi connectivity index (χ4n) is 3.48. The van der Waals surface area contributed by atoms with E-state index in [1.807, 2.05) is 0 Å². The first-order valence-electron chi connectivity index (χ1n) is 7.57. The van der Waals surface area contributed by atoms with Crippen LogP contribution in [0.1, 0.15) is 29.5 Å². The summed E-state index contributed by atoms with van der Waals surface area (Å²) in [6.45, 7) is 2.12. The number of aromatic nitrogens is 2. The summed E-state index contributed by atoms with van der Waals surface area (Å²) in [6, 6.07) is 13.0. The topological polar surface area (TPSA) is 20.7 Å². The van der Waals surface area contributed by atoms with Crippen molar-refractivity contribution in [1.82, 2.24) is 9.55 Å². The minimum atomic E-state index is 0.790. The summed E-state index contributed by atoms with van der Waals surface area (Å²) in [5.41, 5.74) is 7.79. The molecular weight excluding hydrogens is 276 g/mol. The molecule has 2 aromatic carbocycles. The van der Waals surface area contributed by atoms with E-state index in [9.17, 15) is 0 Å². The quantitative estimate of drug-likeness (QED) is 0.635. The van der Waals surface area contributed by atoms with Crippen molar-refractivity contribution in [2.24, 2.45) is 0 Å². The zero-order chi connectivity index (χ0) is 14.4. The molecule has 0 spiro atoms. The lowest BCUT2D eigenvalue weighted by Crippen LogP contribution is -2.08. The maximum atomic E-state index is 5.61. The Bertz CT molecular complexity index is 886. The second-order valence-electron chi connectivity index (χ2n) is 5.86. The van der Waals surface area contributed by atoms with E-state index in [1.54, 1.807) is 0 Å². The predicted octanol–water partition coefficient (Wildman–Crippen LogP) is 4.88. The number of nitrogens with one attached hydrogen (secondary N) is 1. The molecule has 1 heterocycles. The molecule has 3 aromatic rings. The van der Waals surface area contributed by atoms with Gasteiger partial charge in [0, 0.05) is 0 Å². The number of para-hydroxylation sites is 1. The fraction of sp³-hybridized carbons (Fsp3) is 0.278. The van der Waals surface area contributed by atoms with Crippen molar-refractivity contribution in [2.75, 3.05) is 0 Å². The van der Waals surface area contributed by atoms with Crippen molar-refractivity contribution in [3.8, 4) is 5.69 Å². The van der Waals surface area contributed by atoms with Crippen molar-refractivity contribution in [3.63, 3.8) is 0 Å². The van der Waals surface area contributed by atoms with E-state index in [4.69, 9.17) is 12.2 Å². The van der Waals surface area contributed by atoms with E-state index in [1.165, 1.54) is 47.2 Å². The van der Waals surface area contributed by atoms with Crippen molar-refractivity contribution < 1.29 is 0 Å². The third kappa shape index (κ3) is 1.95. The van der Waals surface area contributed by atoms with Crippen LogP contribution in [0.2, 0.25) is 0 Å². The highest BCUT2D eigenvalue weighted by Gasteiger charge is 2.16. The van der Waals surface area contributed by atoms with Crippen molar-refractivity contribution in [2.45, 2.75) is 32.6 Å². The van der Waals surface area contributed by atoms with Gasteiger partial charge in [-0.2, -0.15) is 0 Å². The molecule has 0 unspecified atom stereocenters. The molecule has 0 saturated heterocycles. The molecule has 0 atom stereocenters. The highest BCUT2D eigenvalue weighted by atomic mass is 32.1. The Hall–Kier alpha value is -1.87. The van der Waals surface area contributed by atoms with Crippen molar-refractivity contribution >= 4 is 23.3 Å². The third-order valence-corrected chi connectivity index (χ3v) is 4.82. The predicted molar refractivity (Wildman–Crippen MR) is 89.8 cm³/mol. The second kappa shape index (κ2) is 4.85. The molecular formula is C18H18N2S. The van der Waals surface area contributed by atoms with Crippen LogP contribution in [0.4, 0.5) is 0 Å². The summed E-state index contributed by atoms with van der Waals surface area (Å²) < 4.78 is 3.00. The molecule has 1 aliphatic carbocycles. The van der Waals surface area contributed by atoms with Gasteiger partial charge in [0.15, 0.2) is 4.77 Å². The summed E-state index contributed by atoms with van der Waals surface area (Å²) >= 11 is 5.61. The van der Waals surface area contributed by atoms with Crippen LogP contribution >= 0.6 is 12.2 Å². The molecule has 1 N–H and O–H groups in total. The van der Waals surface area contributed by atoms with Crippen LogP contribution in [-0.2, 0) is 12.8 Å². The van der Waals surface area contributed by atoms with Crippen LogP contribution in [0.5, 0.6) is 0 Å². The zero-order valence-electron chi connectivity index (χ0n) is 12.1. The molecule has 0 radical (unpaired) electrons. The van der Waals surface area contributed by atoms with Gasteiger partial charge in [-0.3, -0.25) is 4.57 Å². The number of nitrogens with zero attached hydrogens (tertiary/aromatic N) is 1. The van der Waals surface area contributed by atoms with E-state index < -0.39 is 0 Å². The molecule has 4 rings (SSSR count). The SMILES string of the molecule is Cc1cccc2c1[nH]c(=S)n2-c1cccc2c1CCCC2. The summed E-state index contributed by atoms with van der Waals surface area (Å²) in [4.78, 5) is 3.38. The third-order valence-electron chi connectivity index (χ3n) is 4.54. The largest absolute Gasteiger partial charge is 0.330 e. The Morgan fingerprint density at radius 1 is 1.05 bits per heavy atom. The van der Waals surface area contributed by atoms with Crippen LogP contribution in [0, 0.1) is 11.7 Å². The Balaban J connectivity index is 2.06. The molecule has 21 heavy (non-hydrogen) atoms. The summed E-state index contributed by atoms with van der Waals surface area (Å²) in [5.74, 6) is 0. The number of fused-ring (bicyclic) bond motifs is 2. The average Bonchev–Trinajstić information content (AvgIpc) is 2.84. The van der Waals surface area contributed by atoms with Gasteiger partial charge >= 0.3 is 0 Å². The van der Waals surface area contributed by atoms with Gasteiger partial charge in [-0.1, -0.05) is 24.3 Å². The van der Waals surface area contributed by atoms with E-state index in [2.05, 4.69) is 52.9 Å². The first-order chi connectivity index (χ1) is 10.3. The van der Waals surface area contributed by atoms with Gasteiger partial charge in [0.05, 0.1) is 16.7 Å². The Labute approximate surface area is 129 Å². The van der Waals surface area contributed by atoms with E-state index >= 15 is 0 Å². The molecule has 0 aliphatic heterocycles. The smallest absolute Gasteiger partial charge is 0.182 e. The lowest BCUT2D eigenvalue weighted by Gasteiger charge is -2.20. The first kappa shape index (κ1) is 12.8.